The molecule has 1 aliphatic rings. The van der Waals surface area contributed by atoms with Gasteiger partial charge in [-0.1, -0.05) is 6.92 Å². The van der Waals surface area contributed by atoms with Crippen molar-refractivity contribution in [1.29, 1.82) is 0 Å². The summed E-state index contributed by atoms with van der Waals surface area (Å²) in [5.74, 6) is -0.562. The summed E-state index contributed by atoms with van der Waals surface area (Å²) in [6.45, 7) is 9.80. The van der Waals surface area contributed by atoms with Gasteiger partial charge in [-0.15, -0.1) is 0 Å². The molecule has 0 radical (unpaired) electrons. The van der Waals surface area contributed by atoms with E-state index in [9.17, 15) is 15.0 Å². The molecule has 0 aliphatic carbocycles. The van der Waals surface area contributed by atoms with Gasteiger partial charge in [-0.3, -0.25) is 4.79 Å². The summed E-state index contributed by atoms with van der Waals surface area (Å²) in [5, 5.41) is 19.4. The van der Waals surface area contributed by atoms with Gasteiger partial charge in [0.15, 0.2) is 0 Å². The molecule has 0 spiro atoms. The normalized spacial score (nSPS) is 25.7. The number of hydrogen-bond donors (Lipinski definition) is 2. The lowest BCUT2D eigenvalue weighted by molar-refractivity contribution is -0.151. The molecule has 1 saturated heterocycles. The highest BCUT2D eigenvalue weighted by molar-refractivity contribution is 5.74. The van der Waals surface area contributed by atoms with Gasteiger partial charge in [0.1, 0.15) is 0 Å². The highest BCUT2D eigenvalue weighted by Gasteiger charge is 2.39. The van der Waals surface area contributed by atoms with Gasteiger partial charge in [-0.05, 0) is 52.5 Å². The van der Waals surface area contributed by atoms with Gasteiger partial charge < -0.3 is 15.1 Å². The second-order valence-corrected chi connectivity index (χ2v) is 6.45. The standard InChI is InChI=1S/C14H27NO3/c1-5-14(4,18)10-15-8-6-7-11(9-15)13(2,3)12(16)17/h11,18H,5-10H2,1-4H3,(H,16,17). The highest BCUT2D eigenvalue weighted by Crippen LogP contribution is 2.34. The first-order valence-electron chi connectivity index (χ1n) is 6.87. The average molecular weight is 257 g/mol. The minimum absolute atomic E-state index is 0.163. The van der Waals surface area contributed by atoms with Gasteiger partial charge in [-0.2, -0.15) is 0 Å². The number of carboxylic acid groups (broad SMARTS) is 1. The van der Waals surface area contributed by atoms with Crippen LogP contribution in [0.25, 0.3) is 0 Å². The third-order valence-corrected chi connectivity index (χ3v) is 4.40. The maximum Gasteiger partial charge on any atom is 0.309 e. The molecular weight excluding hydrogens is 230 g/mol. The second-order valence-electron chi connectivity index (χ2n) is 6.45. The molecule has 0 amide bonds. The molecule has 1 rings (SSSR count). The quantitative estimate of drug-likeness (QED) is 0.790. The van der Waals surface area contributed by atoms with Crippen LogP contribution in [0.1, 0.15) is 47.0 Å². The van der Waals surface area contributed by atoms with E-state index >= 15 is 0 Å². The lowest BCUT2D eigenvalue weighted by atomic mass is 9.74. The Bertz CT molecular complexity index is 299. The number of carboxylic acids is 1. The molecule has 0 aromatic carbocycles. The monoisotopic (exact) mass is 257 g/mol. The van der Waals surface area contributed by atoms with Crippen LogP contribution in [0, 0.1) is 11.3 Å². The largest absolute Gasteiger partial charge is 0.481 e. The van der Waals surface area contributed by atoms with Crippen LogP contribution in [0.4, 0.5) is 0 Å². The fourth-order valence-electron chi connectivity index (χ4n) is 2.56. The van der Waals surface area contributed by atoms with Crippen LogP contribution < -0.4 is 0 Å². The third-order valence-electron chi connectivity index (χ3n) is 4.40. The van der Waals surface area contributed by atoms with Gasteiger partial charge >= 0.3 is 5.97 Å². The molecule has 2 N–H and O–H groups in total. The lowest BCUT2D eigenvalue weighted by Crippen LogP contribution is -2.49. The van der Waals surface area contributed by atoms with Crippen molar-refractivity contribution in [3.05, 3.63) is 0 Å². The van der Waals surface area contributed by atoms with Crippen molar-refractivity contribution in [2.24, 2.45) is 11.3 Å². The van der Waals surface area contributed by atoms with Crippen LogP contribution in [-0.2, 0) is 4.79 Å². The van der Waals surface area contributed by atoms with Gasteiger partial charge in [0.05, 0.1) is 11.0 Å². The molecule has 0 aromatic heterocycles. The van der Waals surface area contributed by atoms with E-state index in [0.717, 1.165) is 32.4 Å². The molecule has 2 atom stereocenters. The first kappa shape index (κ1) is 15.4. The van der Waals surface area contributed by atoms with E-state index in [-0.39, 0.29) is 5.92 Å². The Morgan fingerprint density at radius 2 is 2.00 bits per heavy atom. The minimum Gasteiger partial charge on any atom is -0.481 e. The van der Waals surface area contributed by atoms with Crippen molar-refractivity contribution >= 4 is 5.97 Å². The molecule has 4 nitrogen and oxygen atoms in total. The first-order valence-corrected chi connectivity index (χ1v) is 6.87. The molecule has 1 heterocycles. The number of nitrogens with zero attached hydrogens (tertiary/aromatic N) is 1. The number of carbonyl (C=O) groups is 1. The maximum atomic E-state index is 11.3. The molecule has 2 unspecified atom stereocenters. The van der Waals surface area contributed by atoms with Gasteiger partial charge in [0.2, 0.25) is 0 Å². The van der Waals surface area contributed by atoms with Gasteiger partial charge in [0, 0.05) is 13.1 Å². The Balaban J connectivity index is 2.64. The first-order chi connectivity index (χ1) is 8.19. The Hall–Kier alpha value is -0.610. The predicted octanol–water partition coefficient (Wildman–Crippen LogP) is 1.97. The van der Waals surface area contributed by atoms with Crippen LogP contribution in [0.3, 0.4) is 0 Å². The van der Waals surface area contributed by atoms with Crippen molar-refractivity contribution in [3.63, 3.8) is 0 Å². The smallest absolute Gasteiger partial charge is 0.309 e. The number of rotatable bonds is 5. The van der Waals surface area contributed by atoms with Crippen molar-refractivity contribution < 1.29 is 15.0 Å². The summed E-state index contributed by atoms with van der Waals surface area (Å²) < 4.78 is 0. The summed E-state index contributed by atoms with van der Waals surface area (Å²) >= 11 is 0. The predicted molar refractivity (Wildman–Crippen MR) is 71.5 cm³/mol. The van der Waals surface area contributed by atoms with Crippen molar-refractivity contribution in [1.82, 2.24) is 4.90 Å². The third kappa shape index (κ3) is 3.69. The molecular formula is C14H27NO3. The van der Waals surface area contributed by atoms with E-state index in [0.29, 0.717) is 6.54 Å². The van der Waals surface area contributed by atoms with E-state index in [1.165, 1.54) is 0 Å². The number of aliphatic hydroxyl groups is 1. The number of piperidine rings is 1. The lowest BCUT2D eigenvalue weighted by Gasteiger charge is -2.41. The molecule has 4 heteroatoms. The Morgan fingerprint density at radius 1 is 1.39 bits per heavy atom. The average Bonchev–Trinajstić information content (AvgIpc) is 2.28. The van der Waals surface area contributed by atoms with Crippen LogP contribution in [-0.4, -0.2) is 46.3 Å². The summed E-state index contributed by atoms with van der Waals surface area (Å²) in [4.78, 5) is 13.5. The fraction of sp³-hybridized carbons (Fsp3) is 0.929. The zero-order valence-corrected chi connectivity index (χ0v) is 12.1. The maximum absolute atomic E-state index is 11.3. The summed E-state index contributed by atoms with van der Waals surface area (Å²) in [5.41, 5.74) is -1.36. The Labute approximate surface area is 110 Å². The van der Waals surface area contributed by atoms with Crippen molar-refractivity contribution in [3.8, 4) is 0 Å². The Morgan fingerprint density at radius 3 is 2.50 bits per heavy atom. The molecule has 106 valence electrons. The summed E-state index contributed by atoms with van der Waals surface area (Å²) in [7, 11) is 0. The number of β-amino-alcohol motifs (C(OH)–C–C–N with tert-alkyl or cyclic N) is 1. The van der Waals surface area contributed by atoms with Gasteiger partial charge in [0.25, 0.3) is 0 Å². The SMILES string of the molecule is CCC(C)(O)CN1CCCC(C(C)(C)C(=O)O)C1. The zero-order chi connectivity index (χ0) is 14.0. The summed E-state index contributed by atoms with van der Waals surface area (Å²) in [6.07, 6.45) is 2.70. The number of aliphatic carboxylic acids is 1. The second kappa shape index (κ2) is 5.57. The number of likely N-dealkylation sites (tertiary alicyclic amines) is 1. The van der Waals surface area contributed by atoms with Crippen LogP contribution in [0.2, 0.25) is 0 Å². The molecule has 0 aromatic rings. The van der Waals surface area contributed by atoms with E-state index in [1.807, 2.05) is 27.7 Å². The number of hydrogen-bond acceptors (Lipinski definition) is 3. The van der Waals surface area contributed by atoms with E-state index in [4.69, 9.17) is 0 Å². The minimum atomic E-state index is -0.725. The van der Waals surface area contributed by atoms with Crippen molar-refractivity contribution in [2.45, 2.75) is 52.6 Å². The molecule has 0 bridgehead atoms. The molecule has 1 fully saturated rings. The zero-order valence-electron chi connectivity index (χ0n) is 12.1. The molecule has 1 aliphatic heterocycles. The fourth-order valence-corrected chi connectivity index (χ4v) is 2.56. The van der Waals surface area contributed by atoms with E-state index < -0.39 is 17.0 Å². The van der Waals surface area contributed by atoms with E-state index in [2.05, 4.69) is 4.90 Å². The van der Waals surface area contributed by atoms with E-state index in [1.54, 1.807) is 0 Å². The highest BCUT2D eigenvalue weighted by atomic mass is 16.4. The van der Waals surface area contributed by atoms with Gasteiger partial charge in [-0.25, -0.2) is 0 Å². The van der Waals surface area contributed by atoms with Crippen molar-refractivity contribution in [2.75, 3.05) is 19.6 Å². The van der Waals surface area contributed by atoms with Crippen LogP contribution in [0.5, 0.6) is 0 Å². The summed E-state index contributed by atoms with van der Waals surface area (Å²) in [6, 6.07) is 0. The van der Waals surface area contributed by atoms with Crippen LogP contribution >= 0.6 is 0 Å². The van der Waals surface area contributed by atoms with Crippen LogP contribution in [0.15, 0.2) is 0 Å². The Kier molecular flexibility index (Phi) is 4.78. The molecule has 18 heavy (non-hydrogen) atoms. The molecule has 0 saturated carbocycles. The topological polar surface area (TPSA) is 60.8 Å².